The summed E-state index contributed by atoms with van der Waals surface area (Å²) < 4.78 is 52.6. The van der Waals surface area contributed by atoms with E-state index in [-0.39, 0.29) is 11.3 Å². The zero-order chi connectivity index (χ0) is 25.5. The SMILES string of the molecule is COCCn1c(C)cc(/C=C(\C#N)C(=O)OC(C)C(=O)Nc2ccc(OC(F)(F)F)cc2)c1C. The lowest BCUT2D eigenvalue weighted by Crippen LogP contribution is -2.30. The zero-order valence-corrected chi connectivity index (χ0v) is 19.0. The van der Waals surface area contributed by atoms with Crippen LogP contribution in [0.25, 0.3) is 6.08 Å². The molecule has 0 aliphatic carbocycles. The average Bonchev–Trinajstić information content (AvgIpc) is 3.02. The topological polar surface area (TPSA) is 103 Å². The monoisotopic (exact) mass is 479 g/mol. The maximum Gasteiger partial charge on any atom is 0.573 e. The van der Waals surface area contributed by atoms with Crippen molar-refractivity contribution in [2.24, 2.45) is 0 Å². The van der Waals surface area contributed by atoms with Crippen LogP contribution < -0.4 is 10.1 Å². The molecule has 34 heavy (non-hydrogen) atoms. The molecule has 0 bridgehead atoms. The Hall–Kier alpha value is -3.78. The molecule has 1 aromatic heterocycles. The number of nitrogens with zero attached hydrogens (tertiary/aromatic N) is 2. The minimum absolute atomic E-state index is 0.168. The van der Waals surface area contributed by atoms with E-state index in [1.807, 2.05) is 24.5 Å². The van der Waals surface area contributed by atoms with E-state index in [9.17, 15) is 28.0 Å². The van der Waals surface area contributed by atoms with Gasteiger partial charge in [-0.3, -0.25) is 4.79 Å². The van der Waals surface area contributed by atoms with E-state index in [1.165, 1.54) is 25.1 Å². The Labute approximate surface area is 194 Å². The number of nitrogens with one attached hydrogen (secondary N) is 1. The third kappa shape index (κ3) is 7.38. The Morgan fingerprint density at radius 1 is 1.24 bits per heavy atom. The number of rotatable bonds is 9. The van der Waals surface area contributed by atoms with Crippen molar-refractivity contribution in [1.82, 2.24) is 4.57 Å². The molecular weight excluding hydrogens is 455 g/mol. The van der Waals surface area contributed by atoms with Crippen molar-refractivity contribution >= 4 is 23.6 Å². The maximum absolute atomic E-state index is 12.5. The molecule has 1 amide bonds. The van der Waals surface area contributed by atoms with Crippen LogP contribution >= 0.6 is 0 Å². The van der Waals surface area contributed by atoms with Crippen molar-refractivity contribution in [3.63, 3.8) is 0 Å². The van der Waals surface area contributed by atoms with Crippen molar-refractivity contribution in [3.8, 4) is 11.8 Å². The number of benzene rings is 1. The second kappa shape index (κ2) is 11.4. The molecule has 1 unspecified atom stereocenters. The predicted octanol–water partition coefficient (Wildman–Crippen LogP) is 4.13. The summed E-state index contributed by atoms with van der Waals surface area (Å²) in [6, 6.07) is 8.06. The van der Waals surface area contributed by atoms with Gasteiger partial charge in [-0.25, -0.2) is 4.79 Å². The van der Waals surface area contributed by atoms with Crippen LogP contribution in [-0.2, 0) is 25.6 Å². The van der Waals surface area contributed by atoms with Gasteiger partial charge in [0.25, 0.3) is 5.91 Å². The molecule has 2 rings (SSSR count). The van der Waals surface area contributed by atoms with Gasteiger partial charge in [0.05, 0.1) is 6.61 Å². The molecule has 0 aliphatic heterocycles. The summed E-state index contributed by atoms with van der Waals surface area (Å²) in [4.78, 5) is 24.8. The second-order valence-corrected chi connectivity index (χ2v) is 7.25. The first-order valence-corrected chi connectivity index (χ1v) is 10.1. The van der Waals surface area contributed by atoms with Gasteiger partial charge >= 0.3 is 12.3 Å². The number of carbonyl (C=O) groups is 2. The maximum atomic E-state index is 12.5. The fourth-order valence-electron chi connectivity index (χ4n) is 3.05. The first-order valence-electron chi connectivity index (χ1n) is 10.1. The number of alkyl halides is 3. The number of anilines is 1. The Morgan fingerprint density at radius 2 is 1.88 bits per heavy atom. The summed E-state index contributed by atoms with van der Waals surface area (Å²) in [5.74, 6) is -2.16. The minimum atomic E-state index is -4.83. The number of nitriles is 1. The zero-order valence-electron chi connectivity index (χ0n) is 19.0. The Balaban J connectivity index is 2.04. The molecule has 0 radical (unpaired) electrons. The molecule has 0 spiro atoms. The lowest BCUT2D eigenvalue weighted by Gasteiger charge is -2.14. The molecule has 2 aromatic rings. The minimum Gasteiger partial charge on any atom is -0.448 e. The molecule has 11 heteroatoms. The van der Waals surface area contributed by atoms with Gasteiger partial charge in [0.2, 0.25) is 0 Å². The molecule has 0 fully saturated rings. The number of aromatic nitrogens is 1. The number of hydrogen-bond acceptors (Lipinski definition) is 6. The predicted molar refractivity (Wildman–Crippen MR) is 117 cm³/mol. The van der Waals surface area contributed by atoms with Gasteiger partial charge in [-0.05, 0) is 62.7 Å². The third-order valence-corrected chi connectivity index (χ3v) is 4.78. The number of methoxy groups -OCH3 is 1. The number of amides is 1. The number of halogens is 3. The van der Waals surface area contributed by atoms with Crippen LogP contribution in [0.4, 0.5) is 18.9 Å². The van der Waals surface area contributed by atoms with Gasteiger partial charge in [-0.2, -0.15) is 5.26 Å². The van der Waals surface area contributed by atoms with Crippen LogP contribution in [0.2, 0.25) is 0 Å². The summed E-state index contributed by atoms with van der Waals surface area (Å²) in [5, 5.41) is 11.8. The summed E-state index contributed by atoms with van der Waals surface area (Å²) in [5.41, 5.74) is 2.28. The van der Waals surface area contributed by atoms with Crippen LogP contribution in [0, 0.1) is 25.2 Å². The van der Waals surface area contributed by atoms with E-state index in [0.29, 0.717) is 18.7 Å². The van der Waals surface area contributed by atoms with Crippen LogP contribution in [0.15, 0.2) is 35.9 Å². The lowest BCUT2D eigenvalue weighted by atomic mass is 10.1. The Bertz CT molecular complexity index is 1100. The van der Waals surface area contributed by atoms with Crippen molar-refractivity contribution < 1.29 is 37.0 Å². The first kappa shape index (κ1) is 26.5. The molecule has 1 aromatic carbocycles. The van der Waals surface area contributed by atoms with Crippen LogP contribution in [0.3, 0.4) is 0 Å². The van der Waals surface area contributed by atoms with Gasteiger partial charge in [0.1, 0.15) is 17.4 Å². The number of hydrogen-bond donors (Lipinski definition) is 1. The first-order chi connectivity index (χ1) is 15.9. The van der Waals surface area contributed by atoms with Crippen molar-refractivity contribution in [2.45, 2.75) is 39.8 Å². The summed E-state index contributed by atoms with van der Waals surface area (Å²) in [6.07, 6.45) is -4.72. The van der Waals surface area contributed by atoms with E-state index in [1.54, 1.807) is 13.2 Å². The Kier molecular flexibility index (Phi) is 8.86. The van der Waals surface area contributed by atoms with Gasteiger partial charge in [-0.1, -0.05) is 0 Å². The number of aryl methyl sites for hydroxylation is 1. The summed E-state index contributed by atoms with van der Waals surface area (Å²) in [6.45, 7) is 6.14. The van der Waals surface area contributed by atoms with E-state index < -0.39 is 30.1 Å². The van der Waals surface area contributed by atoms with E-state index in [2.05, 4.69) is 10.1 Å². The van der Waals surface area contributed by atoms with Crippen LogP contribution in [0.5, 0.6) is 5.75 Å². The molecular formula is C23H24F3N3O5. The molecule has 0 aliphatic rings. The van der Waals surface area contributed by atoms with Gasteiger partial charge in [0.15, 0.2) is 6.10 Å². The van der Waals surface area contributed by atoms with E-state index in [4.69, 9.17) is 9.47 Å². The summed E-state index contributed by atoms with van der Waals surface area (Å²) >= 11 is 0. The highest BCUT2D eigenvalue weighted by atomic mass is 19.4. The van der Waals surface area contributed by atoms with Gasteiger partial charge < -0.3 is 24.1 Å². The normalized spacial score (nSPS) is 12.6. The third-order valence-electron chi connectivity index (χ3n) is 4.78. The summed E-state index contributed by atoms with van der Waals surface area (Å²) in [7, 11) is 1.59. The Morgan fingerprint density at radius 3 is 2.44 bits per heavy atom. The lowest BCUT2D eigenvalue weighted by molar-refractivity contribution is -0.274. The number of carbonyl (C=O) groups excluding carboxylic acids is 2. The van der Waals surface area contributed by atoms with E-state index in [0.717, 1.165) is 23.5 Å². The molecule has 0 saturated heterocycles. The highest BCUT2D eigenvalue weighted by Gasteiger charge is 2.31. The molecule has 8 nitrogen and oxygen atoms in total. The smallest absolute Gasteiger partial charge is 0.448 e. The number of ether oxygens (including phenoxy) is 3. The fraction of sp³-hybridized carbons (Fsp3) is 0.348. The molecule has 1 atom stereocenters. The molecule has 1 N–H and O–H groups in total. The molecule has 182 valence electrons. The van der Waals surface area contributed by atoms with Gasteiger partial charge in [-0.15, -0.1) is 13.2 Å². The fourth-order valence-corrected chi connectivity index (χ4v) is 3.05. The van der Waals surface area contributed by atoms with Crippen LogP contribution in [-0.4, -0.2) is 42.6 Å². The quantitative estimate of drug-likeness (QED) is 0.330. The van der Waals surface area contributed by atoms with Crippen molar-refractivity contribution in [3.05, 3.63) is 52.9 Å². The highest BCUT2D eigenvalue weighted by Crippen LogP contribution is 2.24. The molecule has 0 saturated carbocycles. The highest BCUT2D eigenvalue weighted by molar-refractivity contribution is 6.01. The molecule has 1 heterocycles. The van der Waals surface area contributed by atoms with Gasteiger partial charge in [0, 0.05) is 30.7 Å². The van der Waals surface area contributed by atoms with Crippen LogP contribution in [0.1, 0.15) is 23.9 Å². The second-order valence-electron chi connectivity index (χ2n) is 7.25. The standard InChI is InChI=1S/C23H24F3N3O5/c1-14-11-17(15(2)29(14)9-10-32-4)12-18(13-27)22(31)33-16(3)21(30)28-19-5-7-20(8-6-19)34-23(24,25)26/h5-8,11-12,16H,9-10H2,1-4H3,(H,28,30)/b18-12+. The van der Waals surface area contributed by atoms with Crippen molar-refractivity contribution in [1.29, 1.82) is 5.26 Å². The largest absolute Gasteiger partial charge is 0.573 e. The average molecular weight is 479 g/mol. The van der Waals surface area contributed by atoms with E-state index >= 15 is 0 Å². The number of esters is 1. The van der Waals surface area contributed by atoms with Crippen molar-refractivity contribution in [2.75, 3.05) is 19.0 Å².